The predicted molar refractivity (Wildman–Crippen MR) is 117 cm³/mol. The number of rotatable bonds is 10. The second kappa shape index (κ2) is 9.78. The Morgan fingerprint density at radius 2 is 1.77 bits per heavy atom. The Labute approximate surface area is 176 Å². The van der Waals surface area contributed by atoms with Gasteiger partial charge >= 0.3 is 0 Å². The summed E-state index contributed by atoms with van der Waals surface area (Å²) in [5.41, 5.74) is 1.87. The quantitative estimate of drug-likeness (QED) is 0.472. The van der Waals surface area contributed by atoms with Crippen LogP contribution in [-0.4, -0.2) is 36.5 Å². The van der Waals surface area contributed by atoms with Gasteiger partial charge in [-0.2, -0.15) is 0 Å². The van der Waals surface area contributed by atoms with E-state index in [0.717, 1.165) is 6.42 Å². The van der Waals surface area contributed by atoms with E-state index < -0.39 is 0 Å². The van der Waals surface area contributed by atoms with Gasteiger partial charge in [0.05, 0.1) is 18.8 Å². The molecule has 30 heavy (non-hydrogen) atoms. The van der Waals surface area contributed by atoms with E-state index in [1.165, 1.54) is 11.0 Å². The molecule has 2 amide bonds. The zero-order valence-corrected chi connectivity index (χ0v) is 17.3. The van der Waals surface area contributed by atoms with Crippen LogP contribution < -0.4 is 14.8 Å². The highest BCUT2D eigenvalue weighted by molar-refractivity contribution is 6.36. The van der Waals surface area contributed by atoms with Gasteiger partial charge in [0, 0.05) is 18.3 Å². The summed E-state index contributed by atoms with van der Waals surface area (Å²) in [7, 11) is 0. The number of carbonyl (C=O) groups excluding carboxylic acids is 2. The first-order valence-corrected chi connectivity index (χ1v) is 10.0. The monoisotopic (exact) mass is 406 g/mol. The zero-order valence-electron chi connectivity index (χ0n) is 17.3. The summed E-state index contributed by atoms with van der Waals surface area (Å²) in [5, 5.41) is 3.14. The summed E-state index contributed by atoms with van der Waals surface area (Å²) in [6.07, 6.45) is 2.43. The average Bonchev–Trinajstić information content (AvgIpc) is 2.98. The van der Waals surface area contributed by atoms with Gasteiger partial charge in [-0.25, -0.2) is 0 Å². The van der Waals surface area contributed by atoms with Gasteiger partial charge in [0.1, 0.15) is 17.2 Å². The topological polar surface area (TPSA) is 67.9 Å². The van der Waals surface area contributed by atoms with Crippen LogP contribution in [0.5, 0.6) is 11.5 Å². The predicted octanol–water partition coefficient (Wildman–Crippen LogP) is 4.25. The van der Waals surface area contributed by atoms with Crippen LogP contribution in [0.15, 0.2) is 66.9 Å². The largest absolute Gasteiger partial charge is 0.494 e. The van der Waals surface area contributed by atoms with Crippen LogP contribution in [0.1, 0.15) is 25.8 Å². The van der Waals surface area contributed by atoms with Gasteiger partial charge < -0.3 is 14.8 Å². The molecule has 1 heterocycles. The third-order valence-corrected chi connectivity index (χ3v) is 4.51. The molecule has 0 bridgehead atoms. The molecule has 0 atom stereocenters. The maximum atomic E-state index is 13.0. The van der Waals surface area contributed by atoms with E-state index in [4.69, 9.17) is 9.47 Å². The number of amides is 2. The van der Waals surface area contributed by atoms with Crippen molar-refractivity contribution in [3.8, 4) is 11.5 Å². The number of imide groups is 1. The summed E-state index contributed by atoms with van der Waals surface area (Å²) in [5.74, 6) is 0.662. The second-order valence-corrected chi connectivity index (χ2v) is 6.72. The summed E-state index contributed by atoms with van der Waals surface area (Å²) >= 11 is 0. The number of hydrogen-bond acceptors (Lipinski definition) is 5. The number of hydrogen-bond donors (Lipinski definition) is 1. The van der Waals surface area contributed by atoms with Crippen molar-refractivity contribution in [3.63, 3.8) is 0 Å². The third kappa shape index (κ3) is 4.54. The highest BCUT2D eigenvalue weighted by Crippen LogP contribution is 2.32. The summed E-state index contributed by atoms with van der Waals surface area (Å²) in [6.45, 7) is 8.89. The van der Waals surface area contributed by atoms with Crippen molar-refractivity contribution < 1.29 is 19.1 Å². The minimum atomic E-state index is -0.385. The number of nitrogens with zero attached hydrogens (tertiary/aromatic N) is 1. The highest BCUT2D eigenvalue weighted by Gasteiger charge is 2.38. The van der Waals surface area contributed by atoms with Gasteiger partial charge in [-0.3, -0.25) is 14.5 Å². The van der Waals surface area contributed by atoms with Gasteiger partial charge in [0.15, 0.2) is 0 Å². The molecule has 3 rings (SSSR count). The van der Waals surface area contributed by atoms with Gasteiger partial charge in [-0.1, -0.05) is 31.2 Å². The number of anilines is 1. The first-order chi connectivity index (χ1) is 14.6. The van der Waals surface area contributed by atoms with E-state index in [-0.39, 0.29) is 24.1 Å². The third-order valence-electron chi connectivity index (χ3n) is 4.51. The Kier molecular flexibility index (Phi) is 6.91. The van der Waals surface area contributed by atoms with Crippen LogP contribution in [0.2, 0.25) is 0 Å². The Bertz CT molecular complexity index is 963. The standard InChI is InChI=1S/C24H26N2O4/c1-4-14-26-23(27)21(17-10-12-19(13-11-17)29-6-3)22(24(26)28)25-18-8-7-9-20(16-18)30-15-5-2/h4,7-13,16,25H,1,5-6,14-15H2,2-3H3. The van der Waals surface area contributed by atoms with Crippen LogP contribution in [0.25, 0.3) is 5.57 Å². The summed E-state index contributed by atoms with van der Waals surface area (Å²) in [6, 6.07) is 14.5. The van der Waals surface area contributed by atoms with Crippen LogP contribution in [-0.2, 0) is 9.59 Å². The van der Waals surface area contributed by atoms with E-state index in [1.54, 1.807) is 24.3 Å². The first kappa shape index (κ1) is 21.2. The molecule has 0 aliphatic carbocycles. The SMILES string of the molecule is C=CCN1C(=O)C(Nc2cccc(OCCC)c2)=C(c2ccc(OCC)cc2)C1=O. The van der Waals surface area contributed by atoms with Gasteiger partial charge in [-0.15, -0.1) is 6.58 Å². The molecule has 6 nitrogen and oxygen atoms in total. The molecule has 0 fully saturated rings. The first-order valence-electron chi connectivity index (χ1n) is 10.0. The molecule has 1 aliphatic heterocycles. The minimum absolute atomic E-state index is 0.142. The van der Waals surface area contributed by atoms with Crippen molar-refractivity contribution in [2.24, 2.45) is 0 Å². The van der Waals surface area contributed by atoms with Gasteiger partial charge in [0.25, 0.3) is 11.8 Å². The fraction of sp³-hybridized carbons (Fsp3) is 0.250. The minimum Gasteiger partial charge on any atom is -0.494 e. The molecule has 0 saturated carbocycles. The lowest BCUT2D eigenvalue weighted by Gasteiger charge is -2.13. The molecule has 2 aromatic rings. The number of benzene rings is 2. The van der Waals surface area contributed by atoms with Crippen molar-refractivity contribution in [1.29, 1.82) is 0 Å². The smallest absolute Gasteiger partial charge is 0.278 e. The lowest BCUT2D eigenvalue weighted by Crippen LogP contribution is -2.32. The molecule has 1 aliphatic rings. The normalized spacial score (nSPS) is 13.6. The molecule has 2 aromatic carbocycles. The van der Waals surface area contributed by atoms with E-state index in [2.05, 4.69) is 11.9 Å². The van der Waals surface area contributed by atoms with Crippen molar-refractivity contribution in [1.82, 2.24) is 4.90 Å². The summed E-state index contributed by atoms with van der Waals surface area (Å²) < 4.78 is 11.1. The Morgan fingerprint density at radius 1 is 1.00 bits per heavy atom. The molecule has 0 radical (unpaired) electrons. The number of nitrogens with one attached hydrogen (secondary N) is 1. The number of ether oxygens (including phenoxy) is 2. The summed E-state index contributed by atoms with van der Waals surface area (Å²) in [4.78, 5) is 27.2. The van der Waals surface area contributed by atoms with Crippen LogP contribution in [0.4, 0.5) is 5.69 Å². The number of carbonyl (C=O) groups is 2. The van der Waals surface area contributed by atoms with Gasteiger partial charge in [0.2, 0.25) is 0 Å². The second-order valence-electron chi connectivity index (χ2n) is 6.72. The van der Waals surface area contributed by atoms with Crippen LogP contribution in [0.3, 0.4) is 0 Å². The lowest BCUT2D eigenvalue weighted by molar-refractivity contribution is -0.136. The maximum Gasteiger partial charge on any atom is 0.278 e. The van der Waals surface area contributed by atoms with E-state index in [1.807, 2.05) is 38.1 Å². The van der Waals surface area contributed by atoms with Crippen molar-refractivity contribution in [3.05, 3.63) is 72.4 Å². The van der Waals surface area contributed by atoms with Crippen LogP contribution >= 0.6 is 0 Å². The molecule has 6 heteroatoms. The van der Waals surface area contributed by atoms with Gasteiger partial charge in [-0.05, 0) is 43.2 Å². The Balaban J connectivity index is 1.98. The van der Waals surface area contributed by atoms with E-state index in [0.29, 0.717) is 41.5 Å². The van der Waals surface area contributed by atoms with Crippen molar-refractivity contribution in [2.45, 2.75) is 20.3 Å². The molecule has 0 aromatic heterocycles. The molecule has 0 saturated heterocycles. The fourth-order valence-corrected chi connectivity index (χ4v) is 3.17. The maximum absolute atomic E-state index is 13.0. The van der Waals surface area contributed by atoms with E-state index in [9.17, 15) is 9.59 Å². The highest BCUT2D eigenvalue weighted by atomic mass is 16.5. The van der Waals surface area contributed by atoms with Crippen molar-refractivity contribution >= 4 is 23.1 Å². The fourth-order valence-electron chi connectivity index (χ4n) is 3.17. The van der Waals surface area contributed by atoms with Crippen LogP contribution in [0, 0.1) is 0 Å². The molecular formula is C24H26N2O4. The molecule has 0 spiro atoms. The molecule has 156 valence electrons. The Hall–Kier alpha value is -3.54. The van der Waals surface area contributed by atoms with Crippen molar-refractivity contribution in [2.75, 3.05) is 25.1 Å². The zero-order chi connectivity index (χ0) is 21.5. The molecule has 0 unspecified atom stereocenters. The average molecular weight is 406 g/mol. The lowest BCUT2D eigenvalue weighted by atomic mass is 10.0. The molecule has 1 N–H and O–H groups in total. The molecular weight excluding hydrogens is 380 g/mol. The van der Waals surface area contributed by atoms with E-state index >= 15 is 0 Å². The Morgan fingerprint density at radius 3 is 2.43 bits per heavy atom.